The fourth-order valence-electron chi connectivity index (χ4n) is 4.16. The maximum Gasteiger partial charge on any atom is 0.405 e. The molecule has 0 atom stereocenters. The Morgan fingerprint density at radius 2 is 1.82 bits per heavy atom. The first kappa shape index (κ1) is 24.7. The van der Waals surface area contributed by atoms with Crippen LogP contribution in [0.2, 0.25) is 0 Å². The molecule has 0 bridgehead atoms. The lowest BCUT2D eigenvalue weighted by Crippen LogP contribution is -2.43. The zero-order chi connectivity index (χ0) is 24.1. The van der Waals surface area contributed by atoms with Crippen molar-refractivity contribution in [3.63, 3.8) is 0 Å². The van der Waals surface area contributed by atoms with Crippen molar-refractivity contribution in [3.8, 4) is 0 Å². The van der Waals surface area contributed by atoms with Crippen LogP contribution in [-0.2, 0) is 21.5 Å². The van der Waals surface area contributed by atoms with Crippen LogP contribution in [-0.4, -0.2) is 49.6 Å². The second kappa shape index (κ2) is 10.3. The van der Waals surface area contributed by atoms with Gasteiger partial charge >= 0.3 is 6.18 Å². The Balaban J connectivity index is 1.74. The van der Waals surface area contributed by atoms with Crippen LogP contribution in [0.5, 0.6) is 0 Å². The number of rotatable bonds is 8. The summed E-state index contributed by atoms with van der Waals surface area (Å²) in [5, 5.41) is 1.74. The fraction of sp³-hybridized carbons (Fsp3) is 0.417. The molecule has 0 aliphatic carbocycles. The van der Waals surface area contributed by atoms with Crippen LogP contribution in [0.4, 0.5) is 23.2 Å². The van der Waals surface area contributed by atoms with Crippen LogP contribution < -0.4 is 10.2 Å². The second-order valence-electron chi connectivity index (χ2n) is 8.61. The Labute approximate surface area is 190 Å². The molecule has 0 radical (unpaired) electrons. The third-order valence-corrected chi connectivity index (χ3v) is 6.06. The molecule has 0 unspecified atom stereocenters. The molecule has 1 N–H and O–H groups in total. The van der Waals surface area contributed by atoms with Gasteiger partial charge in [-0.05, 0) is 54.6 Å². The third kappa shape index (κ3) is 6.77. The van der Waals surface area contributed by atoms with Crippen molar-refractivity contribution in [1.82, 2.24) is 10.2 Å². The van der Waals surface area contributed by atoms with Gasteiger partial charge in [0.15, 0.2) is 0 Å². The summed E-state index contributed by atoms with van der Waals surface area (Å²) < 4.78 is 51.2. The van der Waals surface area contributed by atoms with Crippen molar-refractivity contribution in [2.24, 2.45) is 0 Å². The summed E-state index contributed by atoms with van der Waals surface area (Å²) in [6, 6.07) is 14.1. The Hall–Kier alpha value is -2.94. The van der Waals surface area contributed by atoms with Gasteiger partial charge in [0.2, 0.25) is 12.3 Å². The van der Waals surface area contributed by atoms with E-state index < -0.39 is 31.0 Å². The summed E-state index contributed by atoms with van der Waals surface area (Å²) in [4.78, 5) is 27.0. The fourth-order valence-corrected chi connectivity index (χ4v) is 4.16. The first-order valence-corrected chi connectivity index (χ1v) is 10.7. The number of benzene rings is 2. The van der Waals surface area contributed by atoms with Crippen LogP contribution in [0.3, 0.4) is 0 Å². The molecule has 1 saturated heterocycles. The minimum Gasteiger partial charge on any atom is -0.345 e. The maximum atomic E-state index is 14.1. The van der Waals surface area contributed by atoms with E-state index in [1.807, 2.05) is 25.1 Å². The molecule has 1 aliphatic rings. The number of hydrogen-bond acceptors (Lipinski definition) is 3. The summed E-state index contributed by atoms with van der Waals surface area (Å²) in [5.41, 5.74) is 1.71. The van der Waals surface area contributed by atoms with Gasteiger partial charge in [-0.2, -0.15) is 13.2 Å². The molecule has 1 aliphatic heterocycles. The molecule has 1 fully saturated rings. The SMILES string of the molecule is CC1(c2ccc(F)cc2N(C=O)CC(=O)NCC(F)(F)F)CCN(Cc2ccccc2)CC1. The normalized spacial score (nSPS) is 16.3. The van der Waals surface area contributed by atoms with E-state index in [9.17, 15) is 27.2 Å². The number of carbonyl (C=O) groups excluding carboxylic acids is 2. The second-order valence-corrected chi connectivity index (χ2v) is 8.61. The number of alkyl halides is 3. The number of nitrogens with one attached hydrogen (secondary N) is 1. The maximum absolute atomic E-state index is 14.1. The predicted molar refractivity (Wildman–Crippen MR) is 117 cm³/mol. The number of amides is 2. The molecule has 1 heterocycles. The molecule has 2 aromatic carbocycles. The van der Waals surface area contributed by atoms with Gasteiger partial charge in [0.1, 0.15) is 18.9 Å². The lowest BCUT2D eigenvalue weighted by atomic mass is 9.73. The molecule has 2 amide bonds. The van der Waals surface area contributed by atoms with E-state index >= 15 is 0 Å². The van der Waals surface area contributed by atoms with Crippen molar-refractivity contribution in [3.05, 3.63) is 65.5 Å². The van der Waals surface area contributed by atoms with Gasteiger partial charge in [-0.1, -0.05) is 43.3 Å². The molecule has 9 heteroatoms. The third-order valence-electron chi connectivity index (χ3n) is 6.06. The molecule has 2 aromatic rings. The quantitative estimate of drug-likeness (QED) is 0.473. The van der Waals surface area contributed by atoms with E-state index in [2.05, 4.69) is 17.0 Å². The van der Waals surface area contributed by atoms with Crippen LogP contribution in [0.15, 0.2) is 48.5 Å². The smallest absolute Gasteiger partial charge is 0.345 e. The van der Waals surface area contributed by atoms with Crippen molar-refractivity contribution in [2.45, 2.75) is 37.9 Å². The monoisotopic (exact) mass is 465 g/mol. The lowest BCUT2D eigenvalue weighted by Gasteiger charge is -2.41. The molecular weight excluding hydrogens is 438 g/mol. The van der Waals surface area contributed by atoms with E-state index in [4.69, 9.17) is 0 Å². The number of halogens is 4. The van der Waals surface area contributed by atoms with Gasteiger partial charge in [0, 0.05) is 6.54 Å². The highest BCUT2D eigenvalue weighted by atomic mass is 19.4. The highest BCUT2D eigenvalue weighted by Crippen LogP contribution is 2.40. The average Bonchev–Trinajstić information content (AvgIpc) is 2.78. The Morgan fingerprint density at radius 3 is 2.42 bits per heavy atom. The van der Waals surface area contributed by atoms with Crippen LogP contribution in [0.25, 0.3) is 0 Å². The molecule has 0 aromatic heterocycles. The Kier molecular flexibility index (Phi) is 7.73. The molecule has 33 heavy (non-hydrogen) atoms. The summed E-state index contributed by atoms with van der Waals surface area (Å²) in [6.07, 6.45) is -2.73. The molecule has 178 valence electrons. The van der Waals surface area contributed by atoms with Gasteiger partial charge < -0.3 is 10.2 Å². The van der Waals surface area contributed by atoms with E-state index in [-0.39, 0.29) is 11.1 Å². The molecular formula is C24H27F4N3O2. The van der Waals surface area contributed by atoms with Crippen LogP contribution >= 0.6 is 0 Å². The van der Waals surface area contributed by atoms with E-state index in [1.54, 1.807) is 11.4 Å². The van der Waals surface area contributed by atoms with Gasteiger partial charge in [-0.15, -0.1) is 0 Å². The summed E-state index contributed by atoms with van der Waals surface area (Å²) in [5.74, 6) is -1.57. The van der Waals surface area contributed by atoms with Crippen LogP contribution in [0.1, 0.15) is 30.9 Å². The zero-order valence-corrected chi connectivity index (χ0v) is 18.4. The minimum atomic E-state index is -4.56. The first-order chi connectivity index (χ1) is 15.6. The van der Waals surface area contributed by atoms with Gasteiger partial charge in [0.05, 0.1) is 5.69 Å². The van der Waals surface area contributed by atoms with Gasteiger partial charge in [-0.25, -0.2) is 4.39 Å². The number of nitrogens with zero attached hydrogens (tertiary/aromatic N) is 2. The predicted octanol–water partition coefficient (Wildman–Crippen LogP) is 4.02. The Bertz CT molecular complexity index is 958. The number of likely N-dealkylation sites (tertiary alicyclic amines) is 1. The summed E-state index contributed by atoms with van der Waals surface area (Å²) >= 11 is 0. The number of carbonyl (C=O) groups is 2. The summed E-state index contributed by atoms with van der Waals surface area (Å²) in [6.45, 7) is 2.28. The standard InChI is InChI=1S/C24H27F4N3O2/c1-23(9-11-30(12-10-23)14-18-5-3-2-4-6-18)20-8-7-19(25)13-21(20)31(17-32)15-22(33)29-16-24(26,27)28/h2-8,13,17H,9-12,14-16H2,1H3,(H,29,33). The molecule has 0 spiro atoms. The first-order valence-electron chi connectivity index (χ1n) is 10.7. The number of anilines is 1. The summed E-state index contributed by atoms with van der Waals surface area (Å²) in [7, 11) is 0. The lowest BCUT2D eigenvalue weighted by molar-refractivity contribution is -0.137. The molecule has 5 nitrogen and oxygen atoms in total. The Morgan fingerprint density at radius 1 is 1.15 bits per heavy atom. The topological polar surface area (TPSA) is 52.7 Å². The van der Waals surface area contributed by atoms with Gasteiger partial charge in [0.25, 0.3) is 0 Å². The van der Waals surface area contributed by atoms with E-state index in [1.165, 1.54) is 11.6 Å². The zero-order valence-electron chi connectivity index (χ0n) is 18.4. The highest BCUT2D eigenvalue weighted by molar-refractivity contribution is 5.89. The highest BCUT2D eigenvalue weighted by Gasteiger charge is 2.35. The van der Waals surface area contributed by atoms with Crippen molar-refractivity contribution in [2.75, 3.05) is 31.1 Å². The van der Waals surface area contributed by atoms with Gasteiger partial charge in [-0.3, -0.25) is 14.5 Å². The van der Waals surface area contributed by atoms with Crippen molar-refractivity contribution in [1.29, 1.82) is 0 Å². The van der Waals surface area contributed by atoms with Crippen molar-refractivity contribution < 1.29 is 27.2 Å². The van der Waals surface area contributed by atoms with Crippen LogP contribution in [0, 0.1) is 5.82 Å². The largest absolute Gasteiger partial charge is 0.405 e. The molecule has 0 saturated carbocycles. The number of hydrogen-bond donors (Lipinski definition) is 1. The minimum absolute atomic E-state index is 0.200. The van der Waals surface area contributed by atoms with E-state index in [0.717, 1.165) is 43.4 Å². The van der Waals surface area contributed by atoms with E-state index in [0.29, 0.717) is 12.0 Å². The number of piperidine rings is 1. The average molecular weight is 465 g/mol. The molecule has 3 rings (SSSR count). The van der Waals surface area contributed by atoms with Crippen molar-refractivity contribution >= 4 is 18.0 Å².